The smallest absolute Gasteiger partial charge is 0.349 e. The summed E-state index contributed by atoms with van der Waals surface area (Å²) < 4.78 is 56.0. The van der Waals surface area contributed by atoms with Crippen molar-refractivity contribution in [2.75, 3.05) is 25.7 Å². The first-order chi connectivity index (χ1) is 8.58. The molecule has 2 N–H and O–H groups in total. The highest BCUT2D eigenvalue weighted by atomic mass is 32.2. The van der Waals surface area contributed by atoms with E-state index in [0.717, 1.165) is 19.4 Å². The molecule has 0 unspecified atom stereocenters. The van der Waals surface area contributed by atoms with Gasteiger partial charge in [0.1, 0.15) is 0 Å². The first-order valence-electron chi connectivity index (χ1n) is 4.91. The third kappa shape index (κ3) is 8.35. The Hall–Kier alpha value is -1.39. The Morgan fingerprint density at radius 1 is 1.32 bits per heavy atom. The van der Waals surface area contributed by atoms with Crippen LogP contribution in [0, 0.1) is 0 Å². The van der Waals surface area contributed by atoms with E-state index in [9.17, 15) is 21.6 Å². The fraction of sp³-hybridized carbons (Fsp3) is 0.444. The van der Waals surface area contributed by atoms with E-state index in [2.05, 4.69) is 10.1 Å². The molecular formula is C9H15NO7S2. The van der Waals surface area contributed by atoms with Crippen molar-refractivity contribution in [2.24, 2.45) is 0 Å². The zero-order chi connectivity index (χ0) is 15.1. The Labute approximate surface area is 111 Å². The molecule has 0 aliphatic carbocycles. The van der Waals surface area contributed by atoms with Crippen LogP contribution >= 0.6 is 0 Å². The summed E-state index contributed by atoms with van der Waals surface area (Å²) in [7, 11) is -6.72. The van der Waals surface area contributed by atoms with Gasteiger partial charge in [-0.2, -0.15) is 8.42 Å². The van der Waals surface area contributed by atoms with Crippen molar-refractivity contribution in [3.05, 3.63) is 23.3 Å². The Bertz CT molecular complexity index is 572. The number of sulfone groups is 1. The molecule has 19 heavy (non-hydrogen) atoms. The molecule has 0 bridgehead atoms. The van der Waals surface area contributed by atoms with Crippen molar-refractivity contribution in [3.63, 3.8) is 0 Å². The van der Waals surface area contributed by atoms with Crippen LogP contribution in [0.5, 0.6) is 0 Å². The number of methoxy groups -OCH3 is 1. The fourth-order valence-electron chi connectivity index (χ4n) is 0.918. The minimum absolute atomic E-state index is 0.0599. The minimum atomic E-state index is -4.05. The summed E-state index contributed by atoms with van der Waals surface area (Å²) in [6.07, 6.45) is 4.31. The number of allylic oxidation sites excluding steroid dienone is 2. The summed E-state index contributed by atoms with van der Waals surface area (Å²) >= 11 is 0. The van der Waals surface area contributed by atoms with Gasteiger partial charge in [-0.25, -0.2) is 13.2 Å². The van der Waals surface area contributed by atoms with Crippen LogP contribution in [0.4, 0.5) is 0 Å². The number of ether oxygens (including phenoxy) is 1. The summed E-state index contributed by atoms with van der Waals surface area (Å²) in [4.78, 5) is 10.6. The van der Waals surface area contributed by atoms with E-state index in [4.69, 9.17) is 4.55 Å². The highest BCUT2D eigenvalue weighted by Crippen LogP contribution is 2.06. The van der Waals surface area contributed by atoms with E-state index in [1.165, 1.54) is 12.3 Å². The van der Waals surface area contributed by atoms with Crippen molar-refractivity contribution < 1.29 is 30.9 Å². The molecule has 0 aromatic heterocycles. The van der Waals surface area contributed by atoms with Gasteiger partial charge in [-0.1, -0.05) is 0 Å². The molecule has 0 saturated heterocycles. The van der Waals surface area contributed by atoms with Crippen LogP contribution in [0.25, 0.3) is 0 Å². The van der Waals surface area contributed by atoms with Gasteiger partial charge in [0.2, 0.25) is 0 Å². The van der Waals surface area contributed by atoms with Crippen molar-refractivity contribution in [1.82, 2.24) is 5.32 Å². The van der Waals surface area contributed by atoms with Gasteiger partial charge in [0.15, 0.2) is 14.7 Å². The van der Waals surface area contributed by atoms with Gasteiger partial charge >= 0.3 is 5.97 Å². The average Bonchev–Trinajstić information content (AvgIpc) is 2.23. The Morgan fingerprint density at radius 2 is 1.89 bits per heavy atom. The van der Waals surface area contributed by atoms with Gasteiger partial charge in [-0.05, 0) is 18.4 Å². The molecule has 0 fully saturated rings. The molecule has 0 aromatic rings. The van der Waals surface area contributed by atoms with Crippen LogP contribution in [0.2, 0.25) is 0 Å². The number of carbonyl (C=O) groups is 1. The van der Waals surface area contributed by atoms with E-state index in [0.29, 0.717) is 0 Å². The summed E-state index contributed by atoms with van der Waals surface area (Å²) in [6, 6.07) is 0. The fourth-order valence-corrected chi connectivity index (χ4v) is 2.01. The zero-order valence-corrected chi connectivity index (χ0v) is 12.0. The number of hydrogen-bond acceptors (Lipinski definition) is 7. The van der Waals surface area contributed by atoms with Crippen LogP contribution in [-0.2, 0) is 29.5 Å². The highest BCUT2D eigenvalue weighted by molar-refractivity contribution is 7.95. The zero-order valence-electron chi connectivity index (χ0n) is 10.4. The van der Waals surface area contributed by atoms with E-state index >= 15 is 0 Å². The predicted molar refractivity (Wildman–Crippen MR) is 68.5 cm³/mol. The minimum Gasteiger partial charge on any atom is -0.465 e. The van der Waals surface area contributed by atoms with E-state index in [1.807, 2.05) is 0 Å². The number of esters is 1. The average molecular weight is 313 g/mol. The Balaban J connectivity index is 4.61. The largest absolute Gasteiger partial charge is 0.465 e. The van der Waals surface area contributed by atoms with Crippen molar-refractivity contribution in [1.29, 1.82) is 0 Å². The molecule has 8 nitrogen and oxygen atoms in total. The lowest BCUT2D eigenvalue weighted by molar-refractivity contribution is -0.135. The maximum atomic E-state index is 11.2. The molecule has 10 heteroatoms. The first kappa shape index (κ1) is 17.6. The molecule has 0 aliphatic rings. The van der Waals surface area contributed by atoms with Gasteiger partial charge in [0.05, 0.1) is 12.9 Å². The van der Waals surface area contributed by atoms with Crippen LogP contribution in [-0.4, -0.2) is 53.0 Å². The maximum absolute atomic E-state index is 11.2. The second-order valence-corrected chi connectivity index (χ2v) is 6.95. The lowest BCUT2D eigenvalue weighted by Crippen LogP contribution is -2.17. The van der Waals surface area contributed by atoms with Crippen LogP contribution in [0.15, 0.2) is 23.3 Å². The summed E-state index contributed by atoms with van der Waals surface area (Å²) in [5.74, 6) is -1.48. The van der Waals surface area contributed by atoms with Gasteiger partial charge in [0.25, 0.3) is 10.1 Å². The quantitative estimate of drug-likeness (QED) is 0.203. The molecule has 0 amide bonds. The topological polar surface area (TPSA) is 127 Å². The summed E-state index contributed by atoms with van der Waals surface area (Å²) in [5, 5.41) is 2.49. The normalized spacial score (nSPS) is 13.5. The lowest BCUT2D eigenvalue weighted by atomic mass is 10.4. The molecule has 0 aliphatic heterocycles. The molecule has 0 rings (SSSR count). The predicted octanol–water partition coefficient (Wildman–Crippen LogP) is -0.921. The summed E-state index contributed by atoms with van der Waals surface area (Å²) in [5.41, 5.74) is 0. The molecule has 0 spiro atoms. The number of rotatable bonds is 7. The number of carbonyl (C=O) groups excluding carboxylic acids is 1. The highest BCUT2D eigenvalue weighted by Gasteiger charge is 2.19. The van der Waals surface area contributed by atoms with Crippen LogP contribution < -0.4 is 5.32 Å². The second-order valence-electron chi connectivity index (χ2n) is 3.39. The maximum Gasteiger partial charge on any atom is 0.349 e. The third-order valence-electron chi connectivity index (χ3n) is 1.75. The molecule has 0 aromatic carbocycles. The summed E-state index contributed by atoms with van der Waals surface area (Å²) in [6.45, 7) is -0.0599. The van der Waals surface area contributed by atoms with Crippen molar-refractivity contribution in [3.8, 4) is 0 Å². The van der Waals surface area contributed by atoms with Crippen molar-refractivity contribution in [2.45, 2.75) is 0 Å². The Kier molecular flexibility index (Phi) is 6.73. The van der Waals surface area contributed by atoms with Gasteiger partial charge in [-0.3, -0.25) is 4.55 Å². The lowest BCUT2D eigenvalue weighted by Gasteiger charge is -2.01. The van der Waals surface area contributed by atoms with Crippen LogP contribution in [0.1, 0.15) is 0 Å². The third-order valence-corrected chi connectivity index (χ3v) is 3.57. The SMILES string of the molecule is COC(=O)/C(=C/C=C/NCCS(=O)(=O)O)S(C)(=O)=O. The number of hydrogen-bond donors (Lipinski definition) is 2. The number of nitrogens with one attached hydrogen (secondary N) is 1. The van der Waals surface area contributed by atoms with E-state index < -0.39 is 36.6 Å². The first-order valence-corrected chi connectivity index (χ1v) is 8.41. The van der Waals surface area contributed by atoms with Crippen LogP contribution in [0.3, 0.4) is 0 Å². The van der Waals surface area contributed by atoms with Gasteiger partial charge < -0.3 is 10.1 Å². The van der Waals surface area contributed by atoms with Crippen molar-refractivity contribution >= 4 is 25.9 Å². The van der Waals surface area contributed by atoms with Gasteiger partial charge in [-0.15, -0.1) is 0 Å². The van der Waals surface area contributed by atoms with Gasteiger partial charge in [0, 0.05) is 12.8 Å². The van der Waals surface area contributed by atoms with E-state index in [-0.39, 0.29) is 6.54 Å². The molecule has 0 heterocycles. The molecule has 0 atom stereocenters. The molecule has 0 saturated carbocycles. The monoisotopic (exact) mass is 313 g/mol. The molecular weight excluding hydrogens is 298 g/mol. The molecule has 110 valence electrons. The standard InChI is InChI=1S/C9H15NO7S2/c1-17-9(11)8(18(2,12)13)4-3-5-10-6-7-19(14,15)16/h3-5,10H,6-7H2,1-2H3,(H,14,15,16)/b5-3+,8-4-. The molecule has 0 radical (unpaired) electrons. The Morgan fingerprint density at radius 3 is 2.32 bits per heavy atom. The second kappa shape index (κ2) is 7.26. The van der Waals surface area contributed by atoms with E-state index in [1.54, 1.807) is 0 Å².